The van der Waals surface area contributed by atoms with E-state index in [1.54, 1.807) is 0 Å². The van der Waals surface area contributed by atoms with Gasteiger partial charge < -0.3 is 20.8 Å². The van der Waals surface area contributed by atoms with Crippen molar-refractivity contribution in [2.75, 3.05) is 23.7 Å². The number of hydrogen-bond donors (Lipinski definition) is 2. The molecule has 5 heteroatoms. The van der Waals surface area contributed by atoms with Crippen LogP contribution in [0.5, 0.6) is 0 Å². The van der Waals surface area contributed by atoms with Crippen molar-refractivity contribution in [3.8, 4) is 0 Å². The minimum atomic E-state index is -0.645. The van der Waals surface area contributed by atoms with Crippen LogP contribution in [0.4, 0.5) is 11.4 Å². The molecule has 0 radical (unpaired) electrons. The number of benzene rings is 1. The summed E-state index contributed by atoms with van der Waals surface area (Å²) in [5.41, 5.74) is 13.0. The van der Waals surface area contributed by atoms with E-state index in [0.29, 0.717) is 11.3 Å². The SMILES string of the molecule is CCN(CC)c1ccc2c(N)c(C(N)=O)oc2c1. The number of fused-ring (bicyclic) bond motifs is 1. The molecule has 1 aromatic heterocycles. The molecular weight excluding hydrogens is 230 g/mol. The van der Waals surface area contributed by atoms with Crippen LogP contribution in [-0.2, 0) is 0 Å². The largest absolute Gasteiger partial charge is 0.449 e. The van der Waals surface area contributed by atoms with Crippen LogP contribution in [0.15, 0.2) is 22.6 Å². The third-order valence-corrected chi connectivity index (χ3v) is 3.06. The first-order chi connectivity index (χ1) is 8.58. The smallest absolute Gasteiger partial charge is 0.286 e. The zero-order chi connectivity index (χ0) is 13.3. The second kappa shape index (κ2) is 4.60. The Kier molecular flexibility index (Phi) is 3.14. The topological polar surface area (TPSA) is 85.5 Å². The Hall–Kier alpha value is -2.17. The summed E-state index contributed by atoms with van der Waals surface area (Å²) in [6, 6.07) is 5.70. The number of primary amides is 1. The summed E-state index contributed by atoms with van der Waals surface area (Å²) in [4.78, 5) is 13.3. The number of nitrogen functional groups attached to an aromatic ring is 1. The minimum absolute atomic E-state index is 0.0293. The van der Waals surface area contributed by atoms with Crippen LogP contribution >= 0.6 is 0 Å². The van der Waals surface area contributed by atoms with Gasteiger partial charge in [0.25, 0.3) is 5.91 Å². The number of rotatable bonds is 4. The van der Waals surface area contributed by atoms with E-state index in [9.17, 15) is 4.79 Å². The van der Waals surface area contributed by atoms with Gasteiger partial charge in [0.15, 0.2) is 0 Å². The Balaban J connectivity index is 2.55. The van der Waals surface area contributed by atoms with Crippen molar-refractivity contribution >= 4 is 28.3 Å². The van der Waals surface area contributed by atoms with E-state index in [2.05, 4.69) is 18.7 Å². The molecule has 0 aliphatic carbocycles. The first-order valence-corrected chi connectivity index (χ1v) is 5.95. The van der Waals surface area contributed by atoms with E-state index in [0.717, 1.165) is 24.2 Å². The summed E-state index contributed by atoms with van der Waals surface area (Å²) in [6.07, 6.45) is 0. The molecule has 4 N–H and O–H groups in total. The van der Waals surface area contributed by atoms with Gasteiger partial charge in [-0.25, -0.2) is 0 Å². The molecule has 0 unspecified atom stereocenters. The van der Waals surface area contributed by atoms with Crippen LogP contribution < -0.4 is 16.4 Å². The highest BCUT2D eigenvalue weighted by atomic mass is 16.3. The summed E-state index contributed by atoms with van der Waals surface area (Å²) in [6.45, 7) is 5.97. The fourth-order valence-electron chi connectivity index (χ4n) is 2.07. The zero-order valence-corrected chi connectivity index (χ0v) is 10.6. The molecule has 1 heterocycles. The number of carbonyl (C=O) groups excluding carboxylic acids is 1. The highest BCUT2D eigenvalue weighted by Gasteiger charge is 2.16. The molecular formula is C13H17N3O2. The van der Waals surface area contributed by atoms with Crippen molar-refractivity contribution in [2.24, 2.45) is 5.73 Å². The molecule has 2 aromatic rings. The number of carbonyl (C=O) groups is 1. The molecule has 0 bridgehead atoms. The molecule has 0 saturated carbocycles. The lowest BCUT2D eigenvalue weighted by atomic mass is 10.2. The molecule has 0 aliphatic rings. The molecule has 1 amide bonds. The van der Waals surface area contributed by atoms with Crippen molar-refractivity contribution in [3.63, 3.8) is 0 Å². The lowest BCUT2D eigenvalue weighted by molar-refractivity contribution is 0.0977. The maximum absolute atomic E-state index is 11.2. The monoisotopic (exact) mass is 247 g/mol. The second-order valence-corrected chi connectivity index (χ2v) is 4.06. The summed E-state index contributed by atoms with van der Waals surface area (Å²) in [5, 5.41) is 0.722. The van der Waals surface area contributed by atoms with Gasteiger partial charge in [-0.05, 0) is 26.0 Å². The number of nitrogens with zero attached hydrogens (tertiary/aromatic N) is 1. The van der Waals surface area contributed by atoms with Crippen molar-refractivity contribution in [3.05, 3.63) is 24.0 Å². The number of hydrogen-bond acceptors (Lipinski definition) is 4. The standard InChI is InChI=1S/C13H17N3O2/c1-3-16(4-2)8-5-6-9-10(7-8)18-12(11(9)14)13(15)17/h5-7H,3-4,14H2,1-2H3,(H2,15,17). The van der Waals surface area contributed by atoms with Gasteiger partial charge in [-0.1, -0.05) is 0 Å². The van der Waals surface area contributed by atoms with Gasteiger partial charge >= 0.3 is 0 Å². The van der Waals surface area contributed by atoms with Crippen LogP contribution in [0.2, 0.25) is 0 Å². The summed E-state index contributed by atoms with van der Waals surface area (Å²) >= 11 is 0. The number of furan rings is 1. The lowest BCUT2D eigenvalue weighted by Crippen LogP contribution is -2.21. The molecule has 18 heavy (non-hydrogen) atoms. The summed E-state index contributed by atoms with van der Waals surface area (Å²) < 4.78 is 5.41. The third-order valence-electron chi connectivity index (χ3n) is 3.06. The molecule has 5 nitrogen and oxygen atoms in total. The van der Waals surface area contributed by atoms with Gasteiger partial charge in [0.2, 0.25) is 5.76 Å². The Labute approximate surface area is 105 Å². The van der Waals surface area contributed by atoms with Gasteiger partial charge in [0.1, 0.15) is 5.58 Å². The highest BCUT2D eigenvalue weighted by Crippen LogP contribution is 2.31. The van der Waals surface area contributed by atoms with Crippen molar-refractivity contribution in [2.45, 2.75) is 13.8 Å². The first-order valence-electron chi connectivity index (χ1n) is 5.95. The third kappa shape index (κ3) is 1.88. The predicted octanol–water partition coefficient (Wildman–Crippen LogP) is 1.96. The number of anilines is 2. The van der Waals surface area contributed by atoms with Crippen molar-refractivity contribution in [1.29, 1.82) is 0 Å². The molecule has 96 valence electrons. The van der Waals surface area contributed by atoms with E-state index in [1.807, 2.05) is 18.2 Å². The van der Waals surface area contributed by atoms with Gasteiger partial charge in [-0.2, -0.15) is 0 Å². The Bertz CT molecular complexity index is 585. The maximum atomic E-state index is 11.2. The van der Waals surface area contributed by atoms with E-state index >= 15 is 0 Å². The number of nitrogens with two attached hydrogens (primary N) is 2. The summed E-state index contributed by atoms with van der Waals surface area (Å²) in [5.74, 6) is -0.616. The van der Waals surface area contributed by atoms with Gasteiger partial charge in [-0.15, -0.1) is 0 Å². The predicted molar refractivity (Wildman–Crippen MR) is 72.7 cm³/mol. The van der Waals surface area contributed by atoms with E-state index in [-0.39, 0.29) is 5.76 Å². The lowest BCUT2D eigenvalue weighted by Gasteiger charge is -2.20. The van der Waals surface area contributed by atoms with Crippen LogP contribution in [-0.4, -0.2) is 19.0 Å². The zero-order valence-electron chi connectivity index (χ0n) is 10.6. The van der Waals surface area contributed by atoms with E-state index in [4.69, 9.17) is 15.9 Å². The average molecular weight is 247 g/mol. The van der Waals surface area contributed by atoms with Crippen LogP contribution in [0.3, 0.4) is 0 Å². The molecule has 0 spiro atoms. The highest BCUT2D eigenvalue weighted by molar-refractivity contribution is 6.05. The van der Waals surface area contributed by atoms with Crippen LogP contribution in [0, 0.1) is 0 Å². The fourth-order valence-corrected chi connectivity index (χ4v) is 2.07. The van der Waals surface area contributed by atoms with Crippen molar-refractivity contribution < 1.29 is 9.21 Å². The molecule has 0 saturated heterocycles. The Morgan fingerprint density at radius 2 is 2.00 bits per heavy atom. The average Bonchev–Trinajstić information content (AvgIpc) is 2.68. The Morgan fingerprint density at radius 1 is 1.33 bits per heavy atom. The normalized spacial score (nSPS) is 10.8. The van der Waals surface area contributed by atoms with Gasteiger partial charge in [0, 0.05) is 30.2 Å². The quantitative estimate of drug-likeness (QED) is 0.864. The van der Waals surface area contributed by atoms with E-state index < -0.39 is 5.91 Å². The van der Waals surface area contributed by atoms with Crippen LogP contribution in [0.1, 0.15) is 24.4 Å². The number of amides is 1. The molecule has 0 aliphatic heterocycles. The molecule has 1 aromatic carbocycles. The first kappa shape index (κ1) is 12.3. The molecule has 0 fully saturated rings. The van der Waals surface area contributed by atoms with Crippen molar-refractivity contribution in [1.82, 2.24) is 0 Å². The minimum Gasteiger partial charge on any atom is -0.449 e. The van der Waals surface area contributed by atoms with Crippen LogP contribution in [0.25, 0.3) is 11.0 Å². The maximum Gasteiger partial charge on any atom is 0.286 e. The van der Waals surface area contributed by atoms with Gasteiger partial charge in [0.05, 0.1) is 5.69 Å². The van der Waals surface area contributed by atoms with Gasteiger partial charge in [-0.3, -0.25) is 4.79 Å². The van der Waals surface area contributed by atoms with E-state index in [1.165, 1.54) is 0 Å². The Morgan fingerprint density at radius 3 is 2.56 bits per heavy atom. The second-order valence-electron chi connectivity index (χ2n) is 4.06. The molecule has 2 rings (SSSR count). The fraction of sp³-hybridized carbons (Fsp3) is 0.308. The summed E-state index contributed by atoms with van der Waals surface area (Å²) in [7, 11) is 0. The molecule has 0 atom stereocenters.